The van der Waals surface area contributed by atoms with Crippen molar-refractivity contribution < 1.29 is 22.7 Å². The van der Waals surface area contributed by atoms with Gasteiger partial charge in [0.15, 0.2) is 0 Å². The Labute approximate surface area is 217 Å². The van der Waals surface area contributed by atoms with Crippen molar-refractivity contribution in [2.24, 2.45) is 0 Å². The number of hydrogen-bond donors (Lipinski definition) is 0. The number of carbonyl (C=O) groups is 1. The highest BCUT2D eigenvalue weighted by atomic mass is 19.1. The van der Waals surface area contributed by atoms with Crippen molar-refractivity contribution in [2.45, 2.75) is 25.9 Å². The van der Waals surface area contributed by atoms with Crippen LogP contribution in [0.2, 0.25) is 0 Å². The van der Waals surface area contributed by atoms with E-state index in [0.717, 1.165) is 25.1 Å². The molecule has 0 radical (unpaired) electrons. The molecule has 0 N–H and O–H groups in total. The van der Waals surface area contributed by atoms with Gasteiger partial charge in [0.25, 0.3) is 5.91 Å². The number of aromatic nitrogens is 2. The van der Waals surface area contributed by atoms with Crippen LogP contribution in [0.5, 0.6) is 11.6 Å². The lowest BCUT2D eigenvalue weighted by molar-refractivity contribution is 0.0727. The first-order chi connectivity index (χ1) is 18.4. The minimum atomic E-state index is -0.922. The van der Waals surface area contributed by atoms with Gasteiger partial charge in [-0.3, -0.25) is 4.79 Å². The van der Waals surface area contributed by atoms with Gasteiger partial charge in [-0.15, -0.1) is 0 Å². The predicted octanol–water partition coefficient (Wildman–Crippen LogP) is 5.45. The summed E-state index contributed by atoms with van der Waals surface area (Å²) in [5.41, 5.74) is 3.55. The fourth-order valence-electron chi connectivity index (χ4n) is 4.91. The Hall–Kier alpha value is -4.40. The standard InChI is InChI=1S/C29H23F3N4O2/c30-20-6-3-7-22(14-20)38-27-24-17-35(28(37)23-9-8-21(31)15-25(23)32)13-11-26(24)33-29(34-27)36-12-10-18-4-1-2-5-19(18)16-36/h1-9,14-15H,10-13,16-17H2. The van der Waals surface area contributed by atoms with Crippen molar-refractivity contribution in [3.63, 3.8) is 0 Å². The van der Waals surface area contributed by atoms with Crippen LogP contribution in [0, 0.1) is 17.5 Å². The van der Waals surface area contributed by atoms with E-state index in [1.54, 1.807) is 6.07 Å². The van der Waals surface area contributed by atoms with Crippen molar-refractivity contribution in [3.05, 3.63) is 112 Å². The number of ether oxygens (including phenoxy) is 1. The highest BCUT2D eigenvalue weighted by molar-refractivity contribution is 5.94. The number of benzene rings is 3. The van der Waals surface area contributed by atoms with Crippen molar-refractivity contribution >= 4 is 11.9 Å². The molecule has 0 atom stereocenters. The number of rotatable bonds is 4. The lowest BCUT2D eigenvalue weighted by atomic mass is 10.0. The van der Waals surface area contributed by atoms with E-state index in [1.807, 2.05) is 12.1 Å². The molecule has 2 aliphatic rings. The number of carbonyl (C=O) groups excluding carboxylic acids is 1. The molecular formula is C29H23F3N4O2. The summed E-state index contributed by atoms with van der Waals surface area (Å²) in [6, 6.07) is 16.8. The predicted molar refractivity (Wildman–Crippen MR) is 135 cm³/mol. The molecule has 1 aromatic heterocycles. The van der Waals surface area contributed by atoms with Crippen LogP contribution in [0.25, 0.3) is 0 Å². The third kappa shape index (κ3) is 4.67. The van der Waals surface area contributed by atoms with Gasteiger partial charge in [0, 0.05) is 38.2 Å². The SMILES string of the molecule is O=C(c1ccc(F)cc1F)N1CCc2nc(N3CCc4ccccc4C3)nc(Oc3cccc(F)c3)c2C1. The van der Waals surface area contributed by atoms with E-state index in [4.69, 9.17) is 14.7 Å². The fraction of sp³-hybridized carbons (Fsp3) is 0.207. The molecule has 3 heterocycles. The molecule has 0 saturated carbocycles. The van der Waals surface area contributed by atoms with Crippen LogP contribution in [0.15, 0.2) is 66.7 Å². The van der Waals surface area contributed by atoms with E-state index >= 15 is 0 Å². The van der Waals surface area contributed by atoms with E-state index in [0.29, 0.717) is 42.8 Å². The molecule has 0 spiro atoms. The summed E-state index contributed by atoms with van der Waals surface area (Å²) in [5.74, 6) is -1.73. The van der Waals surface area contributed by atoms with Crippen molar-refractivity contribution in [3.8, 4) is 11.6 Å². The van der Waals surface area contributed by atoms with E-state index < -0.39 is 23.4 Å². The molecule has 6 rings (SSSR count). The molecule has 192 valence electrons. The number of halogens is 3. The van der Waals surface area contributed by atoms with Crippen LogP contribution >= 0.6 is 0 Å². The van der Waals surface area contributed by atoms with Crippen LogP contribution in [0.3, 0.4) is 0 Å². The Morgan fingerprint density at radius 3 is 2.45 bits per heavy atom. The highest BCUT2D eigenvalue weighted by Crippen LogP contribution is 2.33. The molecule has 2 aliphatic heterocycles. The highest BCUT2D eigenvalue weighted by Gasteiger charge is 2.30. The molecule has 3 aromatic carbocycles. The zero-order valence-electron chi connectivity index (χ0n) is 20.3. The minimum absolute atomic E-state index is 0.0682. The molecule has 0 bridgehead atoms. The van der Waals surface area contributed by atoms with E-state index in [1.165, 1.54) is 34.2 Å². The molecule has 6 nitrogen and oxygen atoms in total. The number of amides is 1. The summed E-state index contributed by atoms with van der Waals surface area (Å²) in [7, 11) is 0. The molecule has 0 unspecified atom stereocenters. The third-order valence-corrected chi connectivity index (χ3v) is 6.88. The molecule has 9 heteroatoms. The lowest BCUT2D eigenvalue weighted by Gasteiger charge is -2.32. The van der Waals surface area contributed by atoms with E-state index in [2.05, 4.69) is 17.0 Å². The largest absolute Gasteiger partial charge is 0.438 e. The maximum Gasteiger partial charge on any atom is 0.257 e. The van der Waals surface area contributed by atoms with Crippen LogP contribution in [0.1, 0.15) is 32.7 Å². The first-order valence-corrected chi connectivity index (χ1v) is 12.3. The summed E-state index contributed by atoms with van der Waals surface area (Å²) in [4.78, 5) is 26.2. The van der Waals surface area contributed by atoms with Crippen LogP contribution in [-0.2, 0) is 25.9 Å². The zero-order valence-corrected chi connectivity index (χ0v) is 20.3. The Morgan fingerprint density at radius 1 is 0.816 bits per heavy atom. The van der Waals surface area contributed by atoms with Crippen molar-refractivity contribution in [2.75, 3.05) is 18.0 Å². The average Bonchev–Trinajstić information content (AvgIpc) is 2.92. The Bertz CT molecular complexity index is 1540. The van der Waals surface area contributed by atoms with Crippen LogP contribution in [-0.4, -0.2) is 33.9 Å². The number of fused-ring (bicyclic) bond motifs is 2. The molecule has 4 aromatic rings. The van der Waals surface area contributed by atoms with Crippen molar-refractivity contribution in [1.82, 2.24) is 14.9 Å². The Kier molecular flexibility index (Phi) is 6.19. The monoisotopic (exact) mass is 516 g/mol. The number of anilines is 1. The van der Waals surface area contributed by atoms with Gasteiger partial charge in [0.05, 0.1) is 23.4 Å². The second kappa shape index (κ2) is 9.81. The average molecular weight is 517 g/mol. The molecule has 0 fully saturated rings. The van der Waals surface area contributed by atoms with E-state index in [9.17, 15) is 18.0 Å². The van der Waals surface area contributed by atoms with Gasteiger partial charge in [0.2, 0.25) is 11.8 Å². The lowest BCUT2D eigenvalue weighted by Crippen LogP contribution is -2.38. The van der Waals surface area contributed by atoms with Crippen LogP contribution < -0.4 is 9.64 Å². The summed E-state index contributed by atoms with van der Waals surface area (Å²) < 4.78 is 47.7. The molecule has 0 saturated heterocycles. The first kappa shape index (κ1) is 24.0. The van der Waals surface area contributed by atoms with Gasteiger partial charge in [-0.25, -0.2) is 18.2 Å². The quantitative estimate of drug-likeness (QED) is 0.361. The topological polar surface area (TPSA) is 58.6 Å². The molecule has 38 heavy (non-hydrogen) atoms. The second-order valence-electron chi connectivity index (χ2n) is 9.35. The summed E-state index contributed by atoms with van der Waals surface area (Å²) in [5, 5.41) is 0. The summed E-state index contributed by atoms with van der Waals surface area (Å²) in [6.07, 6.45) is 1.24. The molecular weight excluding hydrogens is 493 g/mol. The summed E-state index contributed by atoms with van der Waals surface area (Å²) in [6.45, 7) is 1.73. The first-order valence-electron chi connectivity index (χ1n) is 12.3. The van der Waals surface area contributed by atoms with E-state index in [-0.39, 0.29) is 23.7 Å². The third-order valence-electron chi connectivity index (χ3n) is 6.88. The number of nitrogens with zero attached hydrogens (tertiary/aromatic N) is 4. The summed E-state index contributed by atoms with van der Waals surface area (Å²) >= 11 is 0. The molecule has 1 amide bonds. The van der Waals surface area contributed by atoms with Crippen molar-refractivity contribution in [1.29, 1.82) is 0 Å². The molecule has 0 aliphatic carbocycles. The Balaban J connectivity index is 1.35. The van der Waals surface area contributed by atoms with Gasteiger partial charge in [-0.2, -0.15) is 4.98 Å². The van der Waals surface area contributed by atoms with Gasteiger partial charge in [-0.1, -0.05) is 30.3 Å². The Morgan fingerprint density at radius 2 is 1.63 bits per heavy atom. The second-order valence-corrected chi connectivity index (χ2v) is 9.35. The van der Waals surface area contributed by atoms with Gasteiger partial charge >= 0.3 is 0 Å². The minimum Gasteiger partial charge on any atom is -0.438 e. The van der Waals surface area contributed by atoms with Gasteiger partial charge < -0.3 is 14.5 Å². The normalized spacial score (nSPS) is 14.6. The van der Waals surface area contributed by atoms with Crippen LogP contribution in [0.4, 0.5) is 19.1 Å². The van der Waals surface area contributed by atoms with Gasteiger partial charge in [-0.05, 0) is 41.8 Å². The maximum absolute atomic E-state index is 14.3. The van der Waals surface area contributed by atoms with Gasteiger partial charge in [0.1, 0.15) is 23.2 Å². The zero-order chi connectivity index (χ0) is 26.2. The fourth-order valence-corrected chi connectivity index (χ4v) is 4.91. The smallest absolute Gasteiger partial charge is 0.257 e. The maximum atomic E-state index is 14.3. The number of hydrogen-bond acceptors (Lipinski definition) is 5.